The van der Waals surface area contributed by atoms with Gasteiger partial charge in [-0.15, -0.1) is 0 Å². The minimum atomic E-state index is -0.00578. The molecule has 2 amide bonds. The molecule has 0 heterocycles. The lowest BCUT2D eigenvalue weighted by Crippen LogP contribution is -2.38. The molecule has 22 heavy (non-hydrogen) atoms. The van der Waals surface area contributed by atoms with Gasteiger partial charge in [0, 0.05) is 30.6 Å². The smallest absolute Gasteiger partial charge is 0.321 e. The van der Waals surface area contributed by atoms with Crippen LogP contribution < -0.4 is 5.32 Å². The predicted molar refractivity (Wildman–Crippen MR) is 95.6 cm³/mol. The monoisotopic (exact) mass is 321 g/mol. The Bertz CT molecular complexity index is 506. The Balaban J connectivity index is 1.94. The Morgan fingerprint density at radius 1 is 1.32 bits per heavy atom. The molecule has 4 nitrogen and oxygen atoms in total. The van der Waals surface area contributed by atoms with Crippen LogP contribution in [0.3, 0.4) is 0 Å². The van der Waals surface area contributed by atoms with E-state index in [9.17, 15) is 4.79 Å². The summed E-state index contributed by atoms with van der Waals surface area (Å²) in [5.41, 5.74) is 2.07. The zero-order valence-electron chi connectivity index (χ0n) is 14.0. The number of anilines is 1. The molecule has 122 valence electrons. The summed E-state index contributed by atoms with van der Waals surface area (Å²) < 4.78 is 0. The second-order valence-corrected chi connectivity index (χ2v) is 7.44. The van der Waals surface area contributed by atoms with Crippen LogP contribution in [0.5, 0.6) is 0 Å². The first-order valence-electron chi connectivity index (χ1n) is 7.80. The van der Waals surface area contributed by atoms with Crippen LogP contribution in [0.25, 0.3) is 0 Å². The summed E-state index contributed by atoms with van der Waals surface area (Å²) >= 11 is 1.91. The first-order valence-corrected chi connectivity index (χ1v) is 9.08. The molecule has 1 aliphatic rings. The second-order valence-electron chi connectivity index (χ2n) is 6.30. The third kappa shape index (κ3) is 4.65. The van der Waals surface area contributed by atoms with Gasteiger partial charge in [-0.25, -0.2) is 4.79 Å². The normalized spacial score (nSPS) is 21.1. The number of thioether (sulfide) groups is 1. The summed E-state index contributed by atoms with van der Waals surface area (Å²) in [6.45, 7) is 0.873. The largest absolute Gasteiger partial charge is 0.325 e. The highest BCUT2D eigenvalue weighted by Gasteiger charge is 2.29. The molecule has 1 aromatic rings. The van der Waals surface area contributed by atoms with E-state index in [-0.39, 0.29) is 6.03 Å². The second kappa shape index (κ2) is 7.88. The van der Waals surface area contributed by atoms with E-state index in [0.717, 1.165) is 25.1 Å². The van der Waals surface area contributed by atoms with Crippen molar-refractivity contribution in [1.82, 2.24) is 9.80 Å². The first-order chi connectivity index (χ1) is 10.5. The third-order valence-electron chi connectivity index (χ3n) is 4.24. The van der Waals surface area contributed by atoms with Gasteiger partial charge in [0.25, 0.3) is 0 Å². The molecule has 1 aromatic carbocycles. The number of rotatable bonds is 5. The molecular formula is C17H27N3OS. The van der Waals surface area contributed by atoms with Crippen molar-refractivity contribution >= 4 is 23.5 Å². The zero-order chi connectivity index (χ0) is 16.1. The van der Waals surface area contributed by atoms with Gasteiger partial charge in [-0.3, -0.25) is 0 Å². The highest BCUT2D eigenvalue weighted by molar-refractivity contribution is 7.99. The maximum atomic E-state index is 12.4. The van der Waals surface area contributed by atoms with E-state index in [2.05, 4.69) is 22.5 Å². The van der Waals surface area contributed by atoms with Gasteiger partial charge < -0.3 is 15.1 Å². The van der Waals surface area contributed by atoms with Gasteiger partial charge in [0.15, 0.2) is 0 Å². The summed E-state index contributed by atoms with van der Waals surface area (Å²) in [5, 5.41) is 3.72. The van der Waals surface area contributed by atoms with Crippen molar-refractivity contribution in [3.63, 3.8) is 0 Å². The Morgan fingerprint density at radius 3 is 2.73 bits per heavy atom. The van der Waals surface area contributed by atoms with Gasteiger partial charge in [-0.1, -0.05) is 12.1 Å². The van der Waals surface area contributed by atoms with Crippen LogP contribution in [0.4, 0.5) is 10.5 Å². The van der Waals surface area contributed by atoms with Crippen molar-refractivity contribution in [3.05, 3.63) is 29.8 Å². The molecule has 2 rings (SSSR count). The molecule has 5 heteroatoms. The van der Waals surface area contributed by atoms with Gasteiger partial charge in [-0.05, 0) is 57.3 Å². The molecule has 0 aromatic heterocycles. The van der Waals surface area contributed by atoms with E-state index >= 15 is 0 Å². The minimum absolute atomic E-state index is 0.00578. The number of carbonyl (C=O) groups is 1. The van der Waals surface area contributed by atoms with Gasteiger partial charge in [0.1, 0.15) is 0 Å². The molecule has 2 atom stereocenters. The number of nitrogens with zero attached hydrogens (tertiary/aromatic N) is 2. The van der Waals surface area contributed by atoms with Gasteiger partial charge >= 0.3 is 6.03 Å². The highest BCUT2D eigenvalue weighted by Crippen LogP contribution is 2.31. The number of benzene rings is 1. The van der Waals surface area contributed by atoms with E-state index < -0.39 is 0 Å². The van der Waals surface area contributed by atoms with Crippen molar-refractivity contribution < 1.29 is 4.79 Å². The molecule has 1 N–H and O–H groups in total. The summed E-state index contributed by atoms with van der Waals surface area (Å²) in [6, 6.07) is 8.43. The number of urea groups is 1. The molecular weight excluding hydrogens is 294 g/mol. The Labute approximate surface area is 138 Å². The lowest BCUT2D eigenvalue weighted by Gasteiger charge is -2.25. The van der Waals surface area contributed by atoms with Crippen LogP contribution in [0, 0.1) is 0 Å². The minimum Gasteiger partial charge on any atom is -0.325 e. The molecule has 0 radical (unpaired) electrons. The van der Waals surface area contributed by atoms with Crippen LogP contribution in [0.1, 0.15) is 24.8 Å². The van der Waals surface area contributed by atoms with Crippen molar-refractivity contribution in [2.75, 3.05) is 32.7 Å². The Hall–Kier alpha value is -1.20. The first kappa shape index (κ1) is 17.2. The average Bonchev–Trinajstić information content (AvgIpc) is 2.95. The predicted octanol–water partition coefficient (Wildman–Crippen LogP) is 3.50. The number of carbonyl (C=O) groups excluding carboxylic acids is 1. The van der Waals surface area contributed by atoms with Crippen molar-refractivity contribution in [3.8, 4) is 0 Å². The summed E-state index contributed by atoms with van der Waals surface area (Å²) in [7, 11) is 5.99. The van der Waals surface area contributed by atoms with Gasteiger partial charge in [0.2, 0.25) is 0 Å². The number of nitrogens with one attached hydrogen (secondary N) is 1. The molecule has 2 unspecified atom stereocenters. The van der Waals surface area contributed by atoms with E-state index in [1.807, 2.05) is 56.0 Å². The van der Waals surface area contributed by atoms with E-state index in [4.69, 9.17) is 0 Å². The van der Waals surface area contributed by atoms with Crippen molar-refractivity contribution in [2.24, 2.45) is 0 Å². The SMILES string of the molecule is CSC1CCC(N(C)C(=O)Nc2cccc(CN(C)C)c2)C1. The van der Waals surface area contributed by atoms with Crippen LogP contribution in [-0.2, 0) is 6.54 Å². The molecule has 1 aliphatic carbocycles. The van der Waals surface area contributed by atoms with Crippen LogP contribution in [0.15, 0.2) is 24.3 Å². The van der Waals surface area contributed by atoms with E-state index in [1.165, 1.54) is 12.0 Å². The fourth-order valence-electron chi connectivity index (χ4n) is 2.97. The molecule has 1 saturated carbocycles. The quantitative estimate of drug-likeness (QED) is 0.901. The number of hydrogen-bond donors (Lipinski definition) is 1. The summed E-state index contributed by atoms with van der Waals surface area (Å²) in [5.74, 6) is 0. The van der Waals surface area contributed by atoms with E-state index in [1.54, 1.807) is 0 Å². The van der Waals surface area contributed by atoms with Crippen LogP contribution in [0.2, 0.25) is 0 Å². The fraction of sp³-hybridized carbons (Fsp3) is 0.588. The molecule has 0 aliphatic heterocycles. The number of amides is 2. The van der Waals surface area contributed by atoms with Crippen molar-refractivity contribution in [1.29, 1.82) is 0 Å². The molecule has 0 saturated heterocycles. The fourth-order valence-corrected chi connectivity index (χ4v) is 3.76. The lowest BCUT2D eigenvalue weighted by atomic mass is 10.2. The topological polar surface area (TPSA) is 35.6 Å². The lowest BCUT2D eigenvalue weighted by molar-refractivity contribution is 0.205. The van der Waals surface area contributed by atoms with Crippen LogP contribution >= 0.6 is 11.8 Å². The zero-order valence-corrected chi connectivity index (χ0v) is 14.8. The average molecular weight is 321 g/mol. The van der Waals surface area contributed by atoms with Crippen molar-refractivity contribution in [2.45, 2.75) is 37.1 Å². The Morgan fingerprint density at radius 2 is 2.09 bits per heavy atom. The molecule has 1 fully saturated rings. The standard InChI is InChI=1S/C17H27N3OS/c1-19(2)12-13-6-5-7-14(10-13)18-17(21)20(3)15-8-9-16(11-15)22-4/h5-7,10,15-16H,8-9,11-12H2,1-4H3,(H,18,21). The molecule has 0 spiro atoms. The van der Waals surface area contributed by atoms with Gasteiger partial charge in [-0.2, -0.15) is 11.8 Å². The maximum absolute atomic E-state index is 12.4. The Kier molecular flexibility index (Phi) is 6.15. The summed E-state index contributed by atoms with van der Waals surface area (Å²) in [6.07, 6.45) is 5.58. The van der Waals surface area contributed by atoms with E-state index in [0.29, 0.717) is 11.3 Å². The maximum Gasteiger partial charge on any atom is 0.321 e. The van der Waals surface area contributed by atoms with Gasteiger partial charge in [0.05, 0.1) is 0 Å². The van der Waals surface area contributed by atoms with Crippen LogP contribution in [-0.4, -0.2) is 54.5 Å². The third-order valence-corrected chi connectivity index (χ3v) is 5.33. The molecule has 0 bridgehead atoms. The highest BCUT2D eigenvalue weighted by atomic mass is 32.2. The summed E-state index contributed by atoms with van der Waals surface area (Å²) in [4.78, 5) is 16.4. The number of hydrogen-bond acceptors (Lipinski definition) is 3.